The van der Waals surface area contributed by atoms with E-state index in [4.69, 9.17) is 33.2 Å². The Kier molecular flexibility index (Phi) is 23.1. The van der Waals surface area contributed by atoms with Crippen LogP contribution in [-0.2, 0) is 68.5 Å². The first kappa shape index (κ1) is 49.0. The molecular formula is C39H58BrNO14. The topological polar surface area (TPSA) is 196 Å². The molecule has 0 saturated heterocycles. The van der Waals surface area contributed by atoms with E-state index in [0.29, 0.717) is 19.3 Å². The van der Waals surface area contributed by atoms with Crippen LogP contribution in [0.2, 0.25) is 0 Å². The number of esters is 5. The quantitative estimate of drug-likeness (QED) is 0.0476. The maximum Gasteiger partial charge on any atom is 0.407 e. The van der Waals surface area contributed by atoms with Gasteiger partial charge < -0.3 is 43.3 Å². The molecule has 0 aliphatic heterocycles. The van der Waals surface area contributed by atoms with Gasteiger partial charge in [0.15, 0.2) is 0 Å². The SMILES string of the molecule is COCCOC(=O)C(C)(CCC(C)(C)C(=O)OCCNC(=O)OCc1ccccc1)CC(C)(Br)C(=O)OCCOC(=O)CCCCCOC(=O)CCC(C)=O. The lowest BCUT2D eigenvalue weighted by molar-refractivity contribution is -0.162. The molecule has 1 aromatic rings. The lowest BCUT2D eigenvalue weighted by atomic mass is 9.73. The van der Waals surface area contributed by atoms with Gasteiger partial charge in [0, 0.05) is 20.0 Å². The molecule has 0 spiro atoms. The molecule has 1 aromatic carbocycles. The van der Waals surface area contributed by atoms with E-state index in [1.165, 1.54) is 14.0 Å². The predicted molar refractivity (Wildman–Crippen MR) is 203 cm³/mol. The number of carbonyl (C=O) groups is 7. The maximum atomic E-state index is 13.4. The van der Waals surface area contributed by atoms with Gasteiger partial charge in [-0.05, 0) is 78.7 Å². The molecule has 0 fully saturated rings. The Morgan fingerprint density at radius 2 is 1.24 bits per heavy atom. The molecule has 310 valence electrons. The van der Waals surface area contributed by atoms with Crippen molar-refractivity contribution in [3.05, 3.63) is 35.9 Å². The van der Waals surface area contributed by atoms with Crippen LogP contribution in [0.25, 0.3) is 0 Å². The third kappa shape index (κ3) is 21.6. The molecule has 2 atom stereocenters. The highest BCUT2D eigenvalue weighted by Gasteiger charge is 2.46. The smallest absolute Gasteiger partial charge is 0.407 e. The molecule has 15 nitrogen and oxygen atoms in total. The molecule has 1 N–H and O–H groups in total. The normalized spacial score (nSPS) is 13.3. The highest BCUT2D eigenvalue weighted by Crippen LogP contribution is 2.42. The highest BCUT2D eigenvalue weighted by atomic mass is 79.9. The summed E-state index contributed by atoms with van der Waals surface area (Å²) < 4.78 is 35.2. The van der Waals surface area contributed by atoms with E-state index < -0.39 is 51.1 Å². The lowest BCUT2D eigenvalue weighted by Crippen LogP contribution is -2.43. The fourth-order valence-corrected chi connectivity index (χ4v) is 5.75. The molecule has 0 aromatic heterocycles. The molecule has 16 heteroatoms. The summed E-state index contributed by atoms with van der Waals surface area (Å²) in [5.74, 6) is -2.81. The summed E-state index contributed by atoms with van der Waals surface area (Å²) in [5.41, 5.74) is -1.47. The Balaban J connectivity index is 2.57. The van der Waals surface area contributed by atoms with Gasteiger partial charge in [0.2, 0.25) is 0 Å². The van der Waals surface area contributed by atoms with Crippen LogP contribution in [0.3, 0.4) is 0 Å². The van der Waals surface area contributed by atoms with Crippen LogP contribution >= 0.6 is 15.9 Å². The number of ether oxygens (including phenoxy) is 7. The second kappa shape index (κ2) is 25.9. The maximum absolute atomic E-state index is 13.4. The van der Waals surface area contributed by atoms with E-state index in [9.17, 15) is 33.6 Å². The number of ketones is 1. The van der Waals surface area contributed by atoms with Crippen molar-refractivity contribution in [1.82, 2.24) is 5.32 Å². The first-order valence-electron chi connectivity index (χ1n) is 18.4. The molecule has 2 unspecified atom stereocenters. The number of rotatable bonds is 28. The summed E-state index contributed by atoms with van der Waals surface area (Å²) in [4.78, 5) is 86.1. The fraction of sp³-hybridized carbons (Fsp3) is 0.667. The number of alkyl halides is 1. The number of hydrogen-bond donors (Lipinski definition) is 1. The van der Waals surface area contributed by atoms with Gasteiger partial charge >= 0.3 is 35.9 Å². The minimum atomic E-state index is -1.35. The number of hydrogen-bond acceptors (Lipinski definition) is 14. The average Bonchev–Trinajstić information content (AvgIpc) is 3.14. The van der Waals surface area contributed by atoms with Crippen LogP contribution in [-0.4, -0.2) is 99.3 Å². The Morgan fingerprint density at radius 3 is 1.91 bits per heavy atom. The van der Waals surface area contributed by atoms with Crippen molar-refractivity contribution in [2.75, 3.05) is 53.3 Å². The van der Waals surface area contributed by atoms with Gasteiger partial charge in [-0.15, -0.1) is 0 Å². The van der Waals surface area contributed by atoms with Crippen molar-refractivity contribution in [2.45, 2.75) is 103 Å². The molecule has 1 rings (SSSR count). The number of benzene rings is 1. The van der Waals surface area contributed by atoms with Gasteiger partial charge in [0.1, 0.15) is 43.1 Å². The van der Waals surface area contributed by atoms with E-state index in [1.54, 1.807) is 27.7 Å². The van der Waals surface area contributed by atoms with Gasteiger partial charge in [-0.2, -0.15) is 0 Å². The number of Topliss-reactive ketones (excluding diaryl/α,β-unsaturated/α-hetero) is 1. The monoisotopic (exact) mass is 843 g/mol. The van der Waals surface area contributed by atoms with Gasteiger partial charge in [-0.3, -0.25) is 24.0 Å². The van der Waals surface area contributed by atoms with E-state index in [0.717, 1.165) is 5.56 Å². The summed E-state index contributed by atoms with van der Waals surface area (Å²) in [5, 5.41) is 2.53. The number of carbonyl (C=O) groups excluding carboxylic acids is 7. The standard InChI is InChI=1S/C39H58BrNO14/c1-29(42)16-17-32(44)50-21-12-8-11-15-31(43)51-25-26-54-35(47)39(5,40)28-38(4,34(46)53-24-23-49-6)19-18-37(2,3)33(45)52-22-20-41-36(48)55-27-30-13-9-7-10-14-30/h7,9-10,13-14H,8,11-12,15-28H2,1-6H3,(H,41,48). The number of nitrogens with one attached hydrogen (secondary N) is 1. The second-order valence-electron chi connectivity index (χ2n) is 14.2. The van der Waals surface area contributed by atoms with Gasteiger partial charge in [0.05, 0.1) is 37.0 Å². The van der Waals surface area contributed by atoms with Gasteiger partial charge in [-0.1, -0.05) is 46.3 Å². The molecule has 0 aliphatic rings. The summed E-state index contributed by atoms with van der Waals surface area (Å²) in [6, 6.07) is 9.18. The predicted octanol–water partition coefficient (Wildman–Crippen LogP) is 5.56. The molecule has 0 heterocycles. The van der Waals surface area contributed by atoms with E-state index >= 15 is 0 Å². The number of halogens is 1. The summed E-state index contributed by atoms with van der Waals surface area (Å²) in [6.45, 7) is 7.97. The van der Waals surface area contributed by atoms with Crippen molar-refractivity contribution in [3.8, 4) is 0 Å². The van der Waals surface area contributed by atoms with Crippen molar-refractivity contribution in [1.29, 1.82) is 0 Å². The van der Waals surface area contributed by atoms with Crippen LogP contribution in [0.1, 0.15) is 98.0 Å². The summed E-state index contributed by atoms with van der Waals surface area (Å²) in [7, 11) is 1.47. The first-order chi connectivity index (χ1) is 25.9. The van der Waals surface area contributed by atoms with Crippen LogP contribution < -0.4 is 5.32 Å². The number of unbranched alkanes of at least 4 members (excludes halogenated alkanes) is 2. The first-order valence-corrected chi connectivity index (χ1v) is 19.2. The zero-order chi connectivity index (χ0) is 41.3. The molecular weight excluding hydrogens is 786 g/mol. The fourth-order valence-electron chi connectivity index (χ4n) is 5.01. The van der Waals surface area contributed by atoms with Crippen molar-refractivity contribution in [2.24, 2.45) is 10.8 Å². The zero-order valence-corrected chi connectivity index (χ0v) is 34.6. The minimum absolute atomic E-state index is 0.0123. The molecule has 55 heavy (non-hydrogen) atoms. The number of methoxy groups -OCH3 is 1. The average molecular weight is 845 g/mol. The van der Waals surface area contributed by atoms with Crippen molar-refractivity contribution in [3.63, 3.8) is 0 Å². The summed E-state index contributed by atoms with van der Waals surface area (Å²) in [6.07, 6.45) is 1.66. The van der Waals surface area contributed by atoms with Crippen molar-refractivity contribution >= 4 is 57.7 Å². The Morgan fingerprint density at radius 1 is 0.636 bits per heavy atom. The Bertz CT molecular complexity index is 1380. The third-order valence-electron chi connectivity index (χ3n) is 8.38. The lowest BCUT2D eigenvalue weighted by Gasteiger charge is -2.35. The van der Waals surface area contributed by atoms with E-state index in [-0.39, 0.29) is 97.1 Å². The minimum Gasteiger partial charge on any atom is -0.466 e. The highest BCUT2D eigenvalue weighted by molar-refractivity contribution is 9.10. The largest absolute Gasteiger partial charge is 0.466 e. The molecule has 0 bridgehead atoms. The van der Waals surface area contributed by atoms with E-state index in [1.807, 2.05) is 30.3 Å². The van der Waals surface area contributed by atoms with Crippen LogP contribution in [0.4, 0.5) is 4.79 Å². The number of amides is 1. The molecule has 0 radical (unpaired) electrons. The van der Waals surface area contributed by atoms with E-state index in [2.05, 4.69) is 21.2 Å². The summed E-state index contributed by atoms with van der Waals surface area (Å²) >= 11 is 3.42. The molecule has 1 amide bonds. The van der Waals surface area contributed by atoms with Crippen LogP contribution in [0, 0.1) is 10.8 Å². The van der Waals surface area contributed by atoms with Gasteiger partial charge in [0.25, 0.3) is 0 Å². The Labute approximate surface area is 332 Å². The third-order valence-corrected chi connectivity index (χ3v) is 8.99. The van der Waals surface area contributed by atoms with Crippen molar-refractivity contribution < 1.29 is 66.7 Å². The molecule has 0 aliphatic carbocycles. The second-order valence-corrected chi connectivity index (χ2v) is 15.9. The molecule has 0 saturated carbocycles. The zero-order valence-electron chi connectivity index (χ0n) is 33.0. The Hall–Kier alpha value is -4.05. The van der Waals surface area contributed by atoms with Crippen LogP contribution in [0.15, 0.2) is 30.3 Å². The van der Waals surface area contributed by atoms with Crippen LogP contribution in [0.5, 0.6) is 0 Å². The number of alkyl carbamates (subject to hydrolysis) is 1. The van der Waals surface area contributed by atoms with Gasteiger partial charge in [-0.25, -0.2) is 4.79 Å².